The molecule has 0 fully saturated rings. The van der Waals surface area contributed by atoms with E-state index < -0.39 is 0 Å². The van der Waals surface area contributed by atoms with Gasteiger partial charge in [0, 0.05) is 30.9 Å². The molecule has 3 aromatic rings. The Labute approximate surface area is 191 Å². The zero-order valence-corrected chi connectivity index (χ0v) is 19.6. The maximum atomic E-state index is 14.0. The second kappa shape index (κ2) is 9.93. The highest BCUT2D eigenvalue weighted by Gasteiger charge is 2.23. The third-order valence-electron chi connectivity index (χ3n) is 5.32. The molecule has 2 N–H and O–H groups in total. The molecule has 6 heteroatoms. The third kappa shape index (κ3) is 4.72. The quantitative estimate of drug-likeness (QED) is 0.388. The van der Waals surface area contributed by atoms with Gasteiger partial charge in [0.25, 0.3) is 0 Å². The largest absolute Gasteiger partial charge is 0.383 e. The maximum absolute atomic E-state index is 14.0. The molecular weight excluding hydrogens is 455 g/mol. The number of anilines is 2. The molecule has 31 heavy (non-hydrogen) atoms. The summed E-state index contributed by atoms with van der Waals surface area (Å²) >= 11 is 3.28. The monoisotopic (exact) mass is 480 g/mol. The highest BCUT2D eigenvalue weighted by atomic mass is 79.9. The Kier molecular flexibility index (Phi) is 7.29. The van der Waals surface area contributed by atoms with Gasteiger partial charge < -0.3 is 10.6 Å². The number of aromatic nitrogens is 1. The van der Waals surface area contributed by atoms with Crippen molar-refractivity contribution in [3.05, 3.63) is 63.9 Å². The number of unbranched alkanes of at least 4 members (excludes halogenated alkanes) is 2. The second-order valence-electron chi connectivity index (χ2n) is 7.68. The molecule has 0 atom stereocenters. The van der Waals surface area contributed by atoms with Crippen LogP contribution in [0.25, 0.3) is 22.4 Å². The van der Waals surface area contributed by atoms with Gasteiger partial charge in [0.05, 0.1) is 10.2 Å². The van der Waals surface area contributed by atoms with Gasteiger partial charge in [-0.2, -0.15) is 5.26 Å². The van der Waals surface area contributed by atoms with Crippen LogP contribution in [0.2, 0.25) is 0 Å². The molecule has 0 aliphatic carbocycles. The van der Waals surface area contributed by atoms with E-state index in [9.17, 15) is 9.65 Å². The molecule has 0 aliphatic rings. The summed E-state index contributed by atoms with van der Waals surface area (Å²) in [5.41, 5.74) is 11.8. The van der Waals surface area contributed by atoms with Crippen molar-refractivity contribution >= 4 is 27.4 Å². The average molecular weight is 481 g/mol. The smallest absolute Gasteiger partial charge is 0.142 e. The molecule has 3 rings (SSSR count). The van der Waals surface area contributed by atoms with E-state index in [1.807, 2.05) is 43.3 Å². The number of rotatable bonds is 7. The van der Waals surface area contributed by atoms with E-state index in [0.29, 0.717) is 10.0 Å². The molecule has 0 spiro atoms. The molecule has 160 valence electrons. The number of halogens is 2. The lowest BCUT2D eigenvalue weighted by Gasteiger charge is -2.22. The Bertz CT molecular complexity index is 1140. The molecule has 0 saturated carbocycles. The predicted octanol–water partition coefficient (Wildman–Crippen LogP) is 6.57. The van der Waals surface area contributed by atoms with Crippen LogP contribution in [0.4, 0.5) is 15.9 Å². The van der Waals surface area contributed by atoms with Gasteiger partial charge in [-0.05, 0) is 58.1 Å². The van der Waals surface area contributed by atoms with Gasteiger partial charge in [0.2, 0.25) is 0 Å². The Balaban J connectivity index is 2.38. The number of para-hydroxylation sites is 1. The Hall–Kier alpha value is -2.91. The molecule has 1 aromatic heterocycles. The van der Waals surface area contributed by atoms with Crippen molar-refractivity contribution in [1.82, 2.24) is 4.98 Å². The summed E-state index contributed by atoms with van der Waals surface area (Å²) in [7, 11) is 3.97. The number of nitrogens with zero attached hydrogens (tertiary/aromatic N) is 3. The minimum Gasteiger partial charge on any atom is -0.383 e. The Morgan fingerprint density at radius 3 is 2.55 bits per heavy atom. The number of benzene rings is 2. The number of nitriles is 1. The summed E-state index contributed by atoms with van der Waals surface area (Å²) in [4.78, 5) is 6.74. The highest BCUT2D eigenvalue weighted by molar-refractivity contribution is 9.10. The van der Waals surface area contributed by atoms with E-state index in [1.54, 1.807) is 12.1 Å². The first kappa shape index (κ1) is 22.8. The van der Waals surface area contributed by atoms with Crippen molar-refractivity contribution < 1.29 is 4.39 Å². The lowest BCUT2D eigenvalue weighted by atomic mass is 9.88. The van der Waals surface area contributed by atoms with Crippen molar-refractivity contribution in [2.45, 2.75) is 32.6 Å². The van der Waals surface area contributed by atoms with Gasteiger partial charge in [-0.3, -0.25) is 0 Å². The van der Waals surface area contributed by atoms with Gasteiger partial charge in [-0.25, -0.2) is 9.37 Å². The maximum Gasteiger partial charge on any atom is 0.142 e. The molecular formula is C25H26BrFN4. The van der Waals surface area contributed by atoms with Gasteiger partial charge in [-0.1, -0.05) is 44.0 Å². The number of nitrogen functional groups attached to an aromatic ring is 1. The van der Waals surface area contributed by atoms with Gasteiger partial charge in [0.1, 0.15) is 23.3 Å². The van der Waals surface area contributed by atoms with Crippen molar-refractivity contribution in [2.75, 3.05) is 24.7 Å². The molecule has 0 saturated heterocycles. The van der Waals surface area contributed by atoms with Crippen LogP contribution in [-0.2, 0) is 6.42 Å². The number of pyridine rings is 1. The number of hydrogen-bond donors (Lipinski definition) is 1. The van der Waals surface area contributed by atoms with Crippen molar-refractivity contribution in [3.8, 4) is 28.5 Å². The van der Waals surface area contributed by atoms with Crippen LogP contribution in [0.5, 0.6) is 0 Å². The average Bonchev–Trinajstić information content (AvgIpc) is 2.76. The van der Waals surface area contributed by atoms with Crippen LogP contribution in [-0.4, -0.2) is 19.1 Å². The molecule has 0 bridgehead atoms. The number of hydrogen-bond acceptors (Lipinski definition) is 4. The van der Waals surface area contributed by atoms with Crippen molar-refractivity contribution in [1.29, 1.82) is 5.26 Å². The summed E-state index contributed by atoms with van der Waals surface area (Å²) < 4.78 is 14.3. The zero-order chi connectivity index (χ0) is 22.5. The molecule has 0 radical (unpaired) electrons. The van der Waals surface area contributed by atoms with E-state index in [-0.39, 0.29) is 11.6 Å². The summed E-state index contributed by atoms with van der Waals surface area (Å²) in [6.07, 6.45) is 3.85. The molecule has 1 heterocycles. The molecule has 0 unspecified atom stereocenters. The summed E-state index contributed by atoms with van der Waals surface area (Å²) in [6, 6.07) is 15.1. The SMILES string of the molecule is CCCCCc1c(-c2ccccc2N(C)C)nc(N)c(C#N)c1-c1ccc(F)c(Br)c1. The van der Waals surface area contributed by atoms with E-state index in [1.165, 1.54) is 6.07 Å². The summed E-state index contributed by atoms with van der Waals surface area (Å²) in [6.45, 7) is 2.15. The summed E-state index contributed by atoms with van der Waals surface area (Å²) in [5.74, 6) is -0.171. The minimum atomic E-state index is -0.352. The van der Waals surface area contributed by atoms with Gasteiger partial charge >= 0.3 is 0 Å². The number of nitrogens with two attached hydrogens (primary N) is 1. The third-order valence-corrected chi connectivity index (χ3v) is 5.93. The fourth-order valence-corrected chi connectivity index (χ4v) is 4.19. The first-order valence-electron chi connectivity index (χ1n) is 10.3. The van der Waals surface area contributed by atoms with Crippen LogP contribution in [0.3, 0.4) is 0 Å². The first-order chi connectivity index (χ1) is 14.9. The van der Waals surface area contributed by atoms with E-state index in [4.69, 9.17) is 10.7 Å². The Morgan fingerprint density at radius 2 is 1.90 bits per heavy atom. The van der Waals surface area contributed by atoms with Crippen LogP contribution in [0.15, 0.2) is 46.9 Å². The second-order valence-corrected chi connectivity index (χ2v) is 8.54. The molecule has 0 aliphatic heterocycles. The van der Waals surface area contributed by atoms with Crippen molar-refractivity contribution in [3.63, 3.8) is 0 Å². The fourth-order valence-electron chi connectivity index (χ4n) is 3.81. The van der Waals surface area contributed by atoms with Gasteiger partial charge in [-0.15, -0.1) is 0 Å². The standard InChI is InChI=1S/C25H26BrFN4/c1-4-5-6-10-18-23(16-12-13-21(27)20(26)14-16)19(15-28)25(29)30-24(18)17-9-7-8-11-22(17)31(2)3/h7-9,11-14H,4-6,10H2,1-3H3,(H2,29,30). The van der Waals surface area contributed by atoms with E-state index >= 15 is 0 Å². The van der Waals surface area contributed by atoms with Crippen LogP contribution in [0.1, 0.15) is 37.3 Å². The van der Waals surface area contributed by atoms with Crippen LogP contribution < -0.4 is 10.6 Å². The van der Waals surface area contributed by atoms with Crippen LogP contribution >= 0.6 is 15.9 Å². The molecule has 4 nitrogen and oxygen atoms in total. The Morgan fingerprint density at radius 1 is 1.16 bits per heavy atom. The minimum absolute atomic E-state index is 0.181. The van der Waals surface area contributed by atoms with E-state index in [2.05, 4.69) is 28.9 Å². The van der Waals surface area contributed by atoms with Gasteiger partial charge in [0.15, 0.2) is 0 Å². The first-order valence-corrected chi connectivity index (χ1v) is 11.1. The summed E-state index contributed by atoms with van der Waals surface area (Å²) in [5, 5.41) is 9.92. The highest BCUT2D eigenvalue weighted by Crippen LogP contribution is 2.40. The normalized spacial score (nSPS) is 10.7. The molecule has 0 amide bonds. The fraction of sp³-hybridized carbons (Fsp3) is 0.280. The topological polar surface area (TPSA) is 65.9 Å². The zero-order valence-electron chi connectivity index (χ0n) is 18.0. The lowest BCUT2D eigenvalue weighted by molar-refractivity contribution is 0.621. The van der Waals surface area contributed by atoms with Crippen LogP contribution in [0, 0.1) is 17.1 Å². The lowest BCUT2D eigenvalue weighted by Crippen LogP contribution is -2.12. The molecule has 2 aromatic carbocycles. The van der Waals surface area contributed by atoms with E-state index in [0.717, 1.165) is 59.3 Å². The van der Waals surface area contributed by atoms with Crippen molar-refractivity contribution in [2.24, 2.45) is 0 Å². The predicted molar refractivity (Wildman–Crippen MR) is 129 cm³/mol.